The van der Waals surface area contributed by atoms with Gasteiger partial charge in [0.05, 0.1) is 13.2 Å². The molecule has 1 aromatic heterocycles. The van der Waals surface area contributed by atoms with Crippen LogP contribution in [0.4, 0.5) is 0 Å². The van der Waals surface area contributed by atoms with Gasteiger partial charge in [-0.3, -0.25) is 14.3 Å². The average molecular weight is 312 g/mol. The monoisotopic (exact) mass is 312 g/mol. The summed E-state index contributed by atoms with van der Waals surface area (Å²) in [4.78, 5) is 25.9. The SMILES string of the molecule is CCOC1C2OC[C@]1(COC)O[C@H]2n1cc(C)c(=O)[nH]c1=O. The number of aryl methyl sites for hydroxylation is 1. The summed E-state index contributed by atoms with van der Waals surface area (Å²) in [5.41, 5.74) is -1.23. The summed E-state index contributed by atoms with van der Waals surface area (Å²) in [5.74, 6) is 0. The second-order valence-electron chi connectivity index (χ2n) is 5.64. The third-order valence-corrected chi connectivity index (χ3v) is 4.13. The molecule has 122 valence electrons. The van der Waals surface area contributed by atoms with Crippen LogP contribution in [0, 0.1) is 6.92 Å². The third kappa shape index (κ3) is 2.23. The average Bonchev–Trinajstić information content (AvgIpc) is 2.95. The fraction of sp³-hybridized carbons (Fsp3) is 0.714. The van der Waals surface area contributed by atoms with Crippen molar-refractivity contribution in [3.05, 3.63) is 32.6 Å². The van der Waals surface area contributed by atoms with Gasteiger partial charge in [0.2, 0.25) is 0 Å². The lowest BCUT2D eigenvalue weighted by Gasteiger charge is -2.31. The van der Waals surface area contributed by atoms with E-state index < -0.39 is 29.2 Å². The molecular weight excluding hydrogens is 292 g/mol. The Hall–Kier alpha value is -1.48. The molecule has 2 aliphatic heterocycles. The number of hydrogen-bond acceptors (Lipinski definition) is 6. The van der Waals surface area contributed by atoms with Gasteiger partial charge in [0.15, 0.2) is 6.23 Å². The molecule has 8 nitrogen and oxygen atoms in total. The molecule has 2 bridgehead atoms. The van der Waals surface area contributed by atoms with E-state index in [9.17, 15) is 9.59 Å². The molecule has 0 aliphatic carbocycles. The zero-order chi connectivity index (χ0) is 15.9. The number of aromatic nitrogens is 2. The molecule has 2 fully saturated rings. The summed E-state index contributed by atoms with van der Waals surface area (Å²) in [6.07, 6.45) is 0.0996. The van der Waals surface area contributed by atoms with Gasteiger partial charge < -0.3 is 18.9 Å². The van der Waals surface area contributed by atoms with Crippen LogP contribution in [0.5, 0.6) is 0 Å². The van der Waals surface area contributed by atoms with Crippen molar-refractivity contribution < 1.29 is 18.9 Å². The lowest BCUT2D eigenvalue weighted by Crippen LogP contribution is -2.46. The van der Waals surface area contributed by atoms with Gasteiger partial charge in [-0.05, 0) is 13.8 Å². The minimum absolute atomic E-state index is 0.307. The molecule has 8 heteroatoms. The Bertz CT molecular complexity index is 668. The van der Waals surface area contributed by atoms with Crippen molar-refractivity contribution in [1.82, 2.24) is 9.55 Å². The first kappa shape index (κ1) is 15.4. The van der Waals surface area contributed by atoms with E-state index in [0.717, 1.165) is 0 Å². The van der Waals surface area contributed by atoms with E-state index in [-0.39, 0.29) is 6.10 Å². The number of rotatable bonds is 5. The van der Waals surface area contributed by atoms with Crippen molar-refractivity contribution >= 4 is 0 Å². The summed E-state index contributed by atoms with van der Waals surface area (Å²) in [6.45, 7) is 4.69. The minimum Gasteiger partial charge on any atom is -0.381 e. The van der Waals surface area contributed by atoms with Gasteiger partial charge in [-0.2, -0.15) is 0 Å². The van der Waals surface area contributed by atoms with E-state index in [2.05, 4.69) is 4.98 Å². The lowest BCUT2D eigenvalue weighted by molar-refractivity contribution is -0.192. The van der Waals surface area contributed by atoms with Crippen molar-refractivity contribution in [2.75, 3.05) is 26.9 Å². The van der Waals surface area contributed by atoms with E-state index in [4.69, 9.17) is 18.9 Å². The first-order chi connectivity index (χ1) is 10.5. The van der Waals surface area contributed by atoms with Gasteiger partial charge in [0.25, 0.3) is 5.56 Å². The summed E-state index contributed by atoms with van der Waals surface area (Å²) in [6, 6.07) is 0. The zero-order valence-electron chi connectivity index (χ0n) is 12.8. The number of H-pyrrole nitrogens is 1. The molecule has 3 heterocycles. The highest BCUT2D eigenvalue weighted by Gasteiger charge is 2.63. The van der Waals surface area contributed by atoms with Gasteiger partial charge in [0.1, 0.15) is 17.8 Å². The zero-order valence-corrected chi connectivity index (χ0v) is 12.8. The fourth-order valence-corrected chi connectivity index (χ4v) is 3.17. The highest BCUT2D eigenvalue weighted by Crippen LogP contribution is 2.46. The van der Waals surface area contributed by atoms with Crippen molar-refractivity contribution in [2.24, 2.45) is 0 Å². The minimum atomic E-state index is -0.733. The molecule has 1 aromatic rings. The molecule has 2 unspecified atom stereocenters. The number of methoxy groups -OCH3 is 1. The maximum atomic E-state index is 12.1. The van der Waals surface area contributed by atoms with Crippen LogP contribution in [-0.4, -0.2) is 54.3 Å². The van der Waals surface area contributed by atoms with Crippen LogP contribution in [0.2, 0.25) is 0 Å². The van der Waals surface area contributed by atoms with Gasteiger partial charge in [-0.25, -0.2) is 4.79 Å². The Morgan fingerprint density at radius 2 is 2.27 bits per heavy atom. The number of ether oxygens (including phenoxy) is 4. The number of fused-ring (bicyclic) bond motifs is 2. The molecule has 1 N–H and O–H groups in total. The first-order valence-electron chi connectivity index (χ1n) is 7.24. The van der Waals surface area contributed by atoms with Crippen LogP contribution in [-0.2, 0) is 18.9 Å². The van der Waals surface area contributed by atoms with Crippen LogP contribution in [0.15, 0.2) is 15.8 Å². The predicted molar refractivity (Wildman–Crippen MR) is 75.9 cm³/mol. The van der Waals surface area contributed by atoms with E-state index in [1.807, 2.05) is 6.92 Å². The van der Waals surface area contributed by atoms with E-state index in [1.54, 1.807) is 14.0 Å². The first-order valence-corrected chi connectivity index (χ1v) is 7.24. The largest absolute Gasteiger partial charge is 0.381 e. The second-order valence-corrected chi connectivity index (χ2v) is 5.64. The summed E-state index contributed by atoms with van der Waals surface area (Å²) < 4.78 is 24.2. The Morgan fingerprint density at radius 3 is 2.95 bits per heavy atom. The standard InChI is InChI=1S/C14H20N2O6/c1-4-20-10-9-12(22-14(10,6-19-3)7-21-9)16-5-8(2)11(17)15-13(16)18/h5,9-10,12H,4,6-7H2,1-3H3,(H,15,17,18)/t9?,10?,12-,14+/m1/s1. The summed E-state index contributed by atoms with van der Waals surface area (Å²) in [7, 11) is 1.58. The molecule has 0 aromatic carbocycles. The number of aromatic amines is 1. The molecule has 0 spiro atoms. The highest BCUT2D eigenvalue weighted by atomic mass is 16.7. The van der Waals surface area contributed by atoms with Gasteiger partial charge >= 0.3 is 5.69 Å². The van der Waals surface area contributed by atoms with Crippen LogP contribution in [0.3, 0.4) is 0 Å². The van der Waals surface area contributed by atoms with Crippen molar-refractivity contribution in [3.63, 3.8) is 0 Å². The lowest BCUT2D eigenvalue weighted by atomic mass is 10.00. The Kier molecular flexibility index (Phi) is 3.94. The van der Waals surface area contributed by atoms with Crippen molar-refractivity contribution in [2.45, 2.75) is 37.9 Å². The molecule has 0 amide bonds. The van der Waals surface area contributed by atoms with Crippen molar-refractivity contribution in [1.29, 1.82) is 0 Å². The normalized spacial score (nSPS) is 33.5. The van der Waals surface area contributed by atoms with Gasteiger partial charge in [-0.1, -0.05) is 0 Å². The predicted octanol–water partition coefficient (Wildman–Crippen LogP) is -0.437. The van der Waals surface area contributed by atoms with Crippen LogP contribution in [0.25, 0.3) is 0 Å². The smallest absolute Gasteiger partial charge is 0.330 e. The molecule has 3 rings (SSSR count). The van der Waals surface area contributed by atoms with E-state index in [1.165, 1.54) is 10.8 Å². The van der Waals surface area contributed by atoms with E-state index in [0.29, 0.717) is 25.4 Å². The molecule has 2 aliphatic rings. The van der Waals surface area contributed by atoms with Gasteiger partial charge in [0, 0.05) is 25.5 Å². The number of nitrogens with zero attached hydrogens (tertiary/aromatic N) is 1. The molecule has 0 saturated carbocycles. The Morgan fingerprint density at radius 1 is 1.50 bits per heavy atom. The molecule has 4 atom stereocenters. The third-order valence-electron chi connectivity index (χ3n) is 4.13. The second kappa shape index (κ2) is 5.62. The summed E-state index contributed by atoms with van der Waals surface area (Å²) >= 11 is 0. The fourth-order valence-electron chi connectivity index (χ4n) is 3.17. The Labute approximate surface area is 126 Å². The molecule has 22 heavy (non-hydrogen) atoms. The number of hydrogen-bond donors (Lipinski definition) is 1. The maximum Gasteiger partial charge on any atom is 0.330 e. The molecule has 0 radical (unpaired) electrons. The highest BCUT2D eigenvalue weighted by molar-refractivity contribution is 5.10. The van der Waals surface area contributed by atoms with E-state index >= 15 is 0 Å². The van der Waals surface area contributed by atoms with Crippen LogP contribution < -0.4 is 11.2 Å². The molecular formula is C14H20N2O6. The molecule has 2 saturated heterocycles. The maximum absolute atomic E-state index is 12.1. The summed E-state index contributed by atoms with van der Waals surface area (Å²) in [5, 5.41) is 0. The topological polar surface area (TPSA) is 91.8 Å². The van der Waals surface area contributed by atoms with Crippen molar-refractivity contribution in [3.8, 4) is 0 Å². The van der Waals surface area contributed by atoms with Crippen LogP contribution >= 0.6 is 0 Å². The quantitative estimate of drug-likeness (QED) is 0.793. The Balaban J connectivity index is 1.99. The number of nitrogens with one attached hydrogen (secondary N) is 1. The van der Waals surface area contributed by atoms with Gasteiger partial charge in [-0.15, -0.1) is 0 Å². The van der Waals surface area contributed by atoms with Crippen LogP contribution in [0.1, 0.15) is 18.7 Å².